The topological polar surface area (TPSA) is 74.5 Å². The van der Waals surface area contributed by atoms with Gasteiger partial charge in [-0.3, -0.25) is 4.79 Å². The minimum Gasteiger partial charge on any atom is -0.356 e. The van der Waals surface area contributed by atoms with Crippen molar-refractivity contribution >= 4 is 17.5 Å². The first-order valence-electron chi connectivity index (χ1n) is 9.36. The van der Waals surface area contributed by atoms with E-state index in [4.69, 9.17) is 16.1 Å². The lowest BCUT2D eigenvalue weighted by molar-refractivity contribution is -0.121. The van der Waals surface area contributed by atoms with Gasteiger partial charge in [0.1, 0.15) is 0 Å². The number of piperazine rings is 1. The summed E-state index contributed by atoms with van der Waals surface area (Å²) in [5, 5.41) is 7.58. The Morgan fingerprint density at radius 1 is 1.22 bits per heavy atom. The van der Waals surface area contributed by atoms with E-state index in [9.17, 15) is 4.79 Å². The van der Waals surface area contributed by atoms with Crippen molar-refractivity contribution in [2.75, 3.05) is 46.3 Å². The van der Waals surface area contributed by atoms with Crippen LogP contribution in [0.25, 0.3) is 11.4 Å². The normalized spacial score (nSPS) is 15.8. The maximum absolute atomic E-state index is 12.0. The molecule has 0 radical (unpaired) electrons. The summed E-state index contributed by atoms with van der Waals surface area (Å²) in [4.78, 5) is 21.1. The van der Waals surface area contributed by atoms with Gasteiger partial charge in [-0.15, -0.1) is 0 Å². The lowest BCUT2D eigenvalue weighted by Crippen LogP contribution is -2.45. The number of likely N-dealkylation sites (N-methyl/N-ethyl adjacent to an activating group) is 1. The fourth-order valence-corrected chi connectivity index (χ4v) is 3.11. The molecule has 7 nitrogen and oxygen atoms in total. The monoisotopic (exact) mass is 391 g/mol. The SMILES string of the molecule is CN1CCN(CCCNC(=O)CCc2nc(-c3ccc(Cl)cc3)no2)CC1. The van der Waals surface area contributed by atoms with Gasteiger partial charge in [0, 0.05) is 56.2 Å². The molecule has 2 heterocycles. The van der Waals surface area contributed by atoms with Gasteiger partial charge < -0.3 is 19.6 Å². The molecule has 8 heteroatoms. The van der Waals surface area contributed by atoms with Gasteiger partial charge in [0.25, 0.3) is 0 Å². The maximum Gasteiger partial charge on any atom is 0.227 e. The summed E-state index contributed by atoms with van der Waals surface area (Å²) >= 11 is 5.88. The van der Waals surface area contributed by atoms with Crippen LogP contribution in [0.5, 0.6) is 0 Å². The Morgan fingerprint density at radius 3 is 2.70 bits per heavy atom. The minimum absolute atomic E-state index is 0.0135. The summed E-state index contributed by atoms with van der Waals surface area (Å²) in [6, 6.07) is 7.24. The van der Waals surface area contributed by atoms with E-state index >= 15 is 0 Å². The molecule has 1 saturated heterocycles. The summed E-state index contributed by atoms with van der Waals surface area (Å²) in [5.41, 5.74) is 0.836. The molecule has 1 amide bonds. The molecular weight excluding hydrogens is 366 g/mol. The number of hydrogen-bond donors (Lipinski definition) is 1. The number of halogens is 1. The standard InChI is InChI=1S/C19H26ClN5O2/c1-24-11-13-25(14-12-24)10-2-9-21-17(26)7-8-18-22-19(23-27-18)15-3-5-16(20)6-4-15/h3-6H,2,7-14H2,1H3,(H,21,26). The van der Waals surface area contributed by atoms with E-state index in [1.165, 1.54) is 0 Å². The second-order valence-corrected chi connectivity index (χ2v) is 7.30. The Bertz CT molecular complexity index is 726. The number of amides is 1. The van der Waals surface area contributed by atoms with Gasteiger partial charge in [-0.2, -0.15) is 4.98 Å². The molecule has 3 rings (SSSR count). The number of benzene rings is 1. The quantitative estimate of drug-likeness (QED) is 0.694. The average molecular weight is 392 g/mol. The van der Waals surface area contributed by atoms with Gasteiger partial charge in [-0.05, 0) is 44.3 Å². The van der Waals surface area contributed by atoms with Crippen LogP contribution in [0.1, 0.15) is 18.7 Å². The number of carbonyl (C=O) groups is 1. The molecule has 0 saturated carbocycles. The number of carbonyl (C=O) groups excluding carboxylic acids is 1. The predicted octanol–water partition coefficient (Wildman–Crippen LogP) is 2.08. The molecule has 0 unspecified atom stereocenters. The first-order valence-corrected chi connectivity index (χ1v) is 9.74. The molecule has 146 valence electrons. The molecule has 0 atom stereocenters. The molecule has 0 aliphatic carbocycles. The first-order chi connectivity index (χ1) is 13.1. The van der Waals surface area contributed by atoms with Crippen molar-refractivity contribution in [2.24, 2.45) is 0 Å². The van der Waals surface area contributed by atoms with E-state index in [1.807, 2.05) is 12.1 Å². The van der Waals surface area contributed by atoms with Crippen LogP contribution in [0.3, 0.4) is 0 Å². The van der Waals surface area contributed by atoms with Crippen molar-refractivity contribution in [3.8, 4) is 11.4 Å². The molecule has 1 aromatic carbocycles. The zero-order valence-corrected chi connectivity index (χ0v) is 16.4. The van der Waals surface area contributed by atoms with Crippen LogP contribution in [0.4, 0.5) is 0 Å². The van der Waals surface area contributed by atoms with Crippen LogP contribution < -0.4 is 5.32 Å². The summed E-state index contributed by atoms with van der Waals surface area (Å²) in [5.74, 6) is 0.987. The van der Waals surface area contributed by atoms with E-state index < -0.39 is 0 Å². The zero-order valence-electron chi connectivity index (χ0n) is 15.7. The lowest BCUT2D eigenvalue weighted by atomic mass is 10.2. The number of aromatic nitrogens is 2. The summed E-state index contributed by atoms with van der Waals surface area (Å²) in [6.45, 7) is 6.19. The van der Waals surface area contributed by atoms with Gasteiger partial charge in [0.2, 0.25) is 17.6 Å². The highest BCUT2D eigenvalue weighted by atomic mass is 35.5. The van der Waals surface area contributed by atoms with Crippen LogP contribution in [0.15, 0.2) is 28.8 Å². The zero-order chi connectivity index (χ0) is 19.1. The summed E-state index contributed by atoms with van der Waals surface area (Å²) in [7, 11) is 2.15. The molecule has 27 heavy (non-hydrogen) atoms. The molecule has 2 aromatic rings. The van der Waals surface area contributed by atoms with Crippen molar-refractivity contribution < 1.29 is 9.32 Å². The highest BCUT2D eigenvalue weighted by Crippen LogP contribution is 2.18. The average Bonchev–Trinajstić information content (AvgIpc) is 3.14. The summed E-state index contributed by atoms with van der Waals surface area (Å²) < 4.78 is 5.23. The predicted molar refractivity (Wildman–Crippen MR) is 105 cm³/mol. The highest BCUT2D eigenvalue weighted by Gasteiger charge is 2.13. The van der Waals surface area contributed by atoms with Crippen molar-refractivity contribution in [1.29, 1.82) is 0 Å². The maximum atomic E-state index is 12.0. The van der Waals surface area contributed by atoms with E-state index in [-0.39, 0.29) is 5.91 Å². The number of rotatable bonds is 8. The van der Waals surface area contributed by atoms with E-state index in [0.717, 1.165) is 44.7 Å². The molecule has 1 N–H and O–H groups in total. The van der Waals surface area contributed by atoms with Crippen molar-refractivity contribution in [1.82, 2.24) is 25.3 Å². The summed E-state index contributed by atoms with van der Waals surface area (Å²) in [6.07, 6.45) is 1.75. The van der Waals surface area contributed by atoms with Crippen LogP contribution in [-0.2, 0) is 11.2 Å². The first kappa shape index (κ1) is 19.8. The molecule has 1 aliphatic rings. The van der Waals surface area contributed by atoms with Gasteiger partial charge in [-0.1, -0.05) is 16.8 Å². The number of hydrogen-bond acceptors (Lipinski definition) is 6. The van der Waals surface area contributed by atoms with Crippen LogP contribution in [0, 0.1) is 0 Å². The van der Waals surface area contributed by atoms with Gasteiger partial charge >= 0.3 is 0 Å². The van der Waals surface area contributed by atoms with Crippen molar-refractivity contribution in [2.45, 2.75) is 19.3 Å². The highest BCUT2D eigenvalue weighted by molar-refractivity contribution is 6.30. The number of aryl methyl sites for hydroxylation is 1. The van der Waals surface area contributed by atoms with E-state index in [2.05, 4.69) is 32.3 Å². The minimum atomic E-state index is 0.0135. The molecule has 1 aromatic heterocycles. The third-order valence-corrected chi connectivity index (χ3v) is 4.96. The Hall–Kier alpha value is -1.96. The fourth-order valence-electron chi connectivity index (χ4n) is 2.98. The van der Waals surface area contributed by atoms with Crippen LogP contribution in [0.2, 0.25) is 5.02 Å². The Balaban J connectivity index is 1.33. The number of nitrogens with one attached hydrogen (secondary N) is 1. The third kappa shape index (κ3) is 6.30. The van der Waals surface area contributed by atoms with Gasteiger partial charge in [-0.25, -0.2) is 0 Å². The van der Waals surface area contributed by atoms with Gasteiger partial charge in [0.15, 0.2) is 0 Å². The largest absolute Gasteiger partial charge is 0.356 e. The second kappa shape index (κ2) is 9.82. The third-order valence-electron chi connectivity index (χ3n) is 4.71. The molecular formula is C19H26ClN5O2. The molecule has 0 bridgehead atoms. The van der Waals surface area contributed by atoms with Gasteiger partial charge in [0.05, 0.1) is 0 Å². The van der Waals surface area contributed by atoms with Crippen LogP contribution >= 0.6 is 11.6 Å². The Morgan fingerprint density at radius 2 is 1.96 bits per heavy atom. The molecule has 1 fully saturated rings. The van der Waals surface area contributed by atoms with Crippen molar-refractivity contribution in [3.63, 3.8) is 0 Å². The second-order valence-electron chi connectivity index (χ2n) is 6.87. The van der Waals surface area contributed by atoms with E-state index in [0.29, 0.717) is 36.1 Å². The smallest absolute Gasteiger partial charge is 0.227 e. The molecule has 1 aliphatic heterocycles. The lowest BCUT2D eigenvalue weighted by Gasteiger charge is -2.32. The Labute approximate surface area is 164 Å². The number of nitrogens with zero attached hydrogens (tertiary/aromatic N) is 4. The molecule has 0 spiro atoms. The van der Waals surface area contributed by atoms with Crippen molar-refractivity contribution in [3.05, 3.63) is 35.2 Å². The van der Waals surface area contributed by atoms with Crippen LogP contribution in [-0.4, -0.2) is 72.2 Å². The Kier molecular flexibility index (Phi) is 7.20. The fraction of sp³-hybridized carbons (Fsp3) is 0.526. The van der Waals surface area contributed by atoms with E-state index in [1.54, 1.807) is 12.1 Å².